The van der Waals surface area contributed by atoms with Gasteiger partial charge in [0.25, 0.3) is 0 Å². The van der Waals surface area contributed by atoms with Crippen molar-refractivity contribution < 1.29 is 17.7 Å². The molecule has 1 saturated heterocycles. The molecule has 0 unspecified atom stereocenters. The van der Waals surface area contributed by atoms with Gasteiger partial charge < -0.3 is 9.84 Å². The van der Waals surface area contributed by atoms with Crippen LogP contribution in [0.4, 0.5) is 0 Å². The summed E-state index contributed by atoms with van der Waals surface area (Å²) in [5.41, 5.74) is 0.933. The van der Waals surface area contributed by atoms with Crippen LogP contribution in [0.2, 0.25) is 5.02 Å². The highest BCUT2D eigenvalue weighted by atomic mass is 35.5. The molecule has 1 aromatic carbocycles. The molecule has 11 heteroatoms. The average molecular weight is 509 g/mol. The molecule has 0 bridgehead atoms. The SMILES string of the molecule is CCc1nc(-c2cc(S(=O)(=O)N3CCC[C@@H](C(=O)NCc4ccc(Cl)cc4)C3)c(C)s2)no1. The highest BCUT2D eigenvalue weighted by molar-refractivity contribution is 7.89. The number of aromatic nitrogens is 2. The standard InChI is InChI=1S/C22H25ClN4O4S2/c1-3-20-25-21(26-31-20)18-11-19(14(2)32-18)33(29,30)27-10-4-5-16(13-27)22(28)24-12-15-6-8-17(23)9-7-15/h6-9,11,16H,3-5,10,12-13H2,1-2H3,(H,24,28)/t16-/m1/s1. The Morgan fingerprint density at radius 1 is 1.33 bits per heavy atom. The predicted octanol–water partition coefficient (Wildman–Crippen LogP) is 4.04. The van der Waals surface area contributed by atoms with Gasteiger partial charge in [-0.2, -0.15) is 9.29 Å². The van der Waals surface area contributed by atoms with Crippen molar-refractivity contribution in [1.29, 1.82) is 0 Å². The first-order valence-corrected chi connectivity index (χ1v) is 13.4. The summed E-state index contributed by atoms with van der Waals surface area (Å²) in [7, 11) is -3.75. The molecule has 1 amide bonds. The summed E-state index contributed by atoms with van der Waals surface area (Å²) >= 11 is 7.22. The zero-order chi connectivity index (χ0) is 23.6. The average Bonchev–Trinajstić information content (AvgIpc) is 3.45. The van der Waals surface area contributed by atoms with Gasteiger partial charge in [0.1, 0.15) is 0 Å². The second-order valence-electron chi connectivity index (χ2n) is 7.94. The minimum atomic E-state index is -3.75. The highest BCUT2D eigenvalue weighted by Gasteiger charge is 2.35. The number of nitrogens with zero attached hydrogens (tertiary/aromatic N) is 3. The van der Waals surface area contributed by atoms with Gasteiger partial charge in [0.15, 0.2) is 0 Å². The van der Waals surface area contributed by atoms with E-state index in [1.165, 1.54) is 15.6 Å². The van der Waals surface area contributed by atoms with Crippen molar-refractivity contribution in [2.24, 2.45) is 5.92 Å². The Morgan fingerprint density at radius 3 is 2.79 bits per heavy atom. The van der Waals surface area contributed by atoms with E-state index in [4.69, 9.17) is 16.1 Å². The smallest absolute Gasteiger partial charge is 0.244 e. The van der Waals surface area contributed by atoms with Crippen LogP contribution in [0.25, 0.3) is 10.7 Å². The van der Waals surface area contributed by atoms with E-state index in [2.05, 4.69) is 15.5 Å². The Morgan fingerprint density at radius 2 is 2.09 bits per heavy atom. The number of thiophene rings is 1. The lowest BCUT2D eigenvalue weighted by molar-refractivity contribution is -0.126. The van der Waals surface area contributed by atoms with E-state index in [-0.39, 0.29) is 17.3 Å². The van der Waals surface area contributed by atoms with Crippen LogP contribution in [0.15, 0.2) is 39.8 Å². The molecule has 0 saturated carbocycles. The number of benzene rings is 1. The Balaban J connectivity index is 1.45. The normalized spacial score (nSPS) is 17.2. The van der Waals surface area contributed by atoms with Gasteiger partial charge in [0.05, 0.1) is 15.7 Å². The lowest BCUT2D eigenvalue weighted by Crippen LogP contribution is -2.45. The maximum absolute atomic E-state index is 13.4. The van der Waals surface area contributed by atoms with E-state index in [1.54, 1.807) is 25.1 Å². The third-order valence-corrected chi connectivity index (χ3v) is 9.03. The number of piperidine rings is 1. The van der Waals surface area contributed by atoms with Crippen molar-refractivity contribution in [3.63, 3.8) is 0 Å². The zero-order valence-corrected chi connectivity index (χ0v) is 20.8. The molecule has 3 heterocycles. The Bertz CT molecular complexity index is 1240. The summed E-state index contributed by atoms with van der Waals surface area (Å²) in [5, 5.41) is 7.50. The van der Waals surface area contributed by atoms with Crippen molar-refractivity contribution in [2.75, 3.05) is 13.1 Å². The van der Waals surface area contributed by atoms with Crippen molar-refractivity contribution in [1.82, 2.24) is 19.8 Å². The topological polar surface area (TPSA) is 105 Å². The van der Waals surface area contributed by atoms with Crippen LogP contribution in [-0.2, 0) is 27.8 Å². The van der Waals surface area contributed by atoms with Crippen LogP contribution in [-0.4, -0.2) is 41.9 Å². The molecule has 1 aliphatic rings. The molecule has 3 aromatic rings. The summed E-state index contributed by atoms with van der Waals surface area (Å²) in [6.45, 7) is 4.59. The molecule has 1 fully saturated rings. The number of nitrogens with one attached hydrogen (secondary N) is 1. The second-order valence-corrected chi connectivity index (χ2v) is 11.5. The molecule has 0 spiro atoms. The number of hydrogen-bond donors (Lipinski definition) is 1. The first kappa shape index (κ1) is 23.9. The van der Waals surface area contributed by atoms with Gasteiger partial charge in [-0.1, -0.05) is 35.8 Å². The lowest BCUT2D eigenvalue weighted by Gasteiger charge is -2.31. The zero-order valence-electron chi connectivity index (χ0n) is 18.4. The lowest BCUT2D eigenvalue weighted by atomic mass is 9.99. The van der Waals surface area contributed by atoms with Crippen LogP contribution in [0.5, 0.6) is 0 Å². The Kier molecular flexibility index (Phi) is 7.18. The molecule has 176 valence electrons. The van der Waals surface area contributed by atoms with E-state index in [1.807, 2.05) is 19.1 Å². The minimum Gasteiger partial charge on any atom is -0.352 e. The molecule has 8 nitrogen and oxygen atoms in total. The van der Waals surface area contributed by atoms with E-state index >= 15 is 0 Å². The number of halogens is 1. The summed E-state index contributed by atoms with van der Waals surface area (Å²) in [6, 6.07) is 8.85. The Hall–Kier alpha value is -2.27. The van der Waals surface area contributed by atoms with Gasteiger partial charge in [-0.3, -0.25) is 4.79 Å². The van der Waals surface area contributed by atoms with E-state index < -0.39 is 15.9 Å². The summed E-state index contributed by atoms with van der Waals surface area (Å²) in [4.78, 5) is 18.6. The highest BCUT2D eigenvalue weighted by Crippen LogP contribution is 2.35. The van der Waals surface area contributed by atoms with Gasteiger partial charge in [-0.25, -0.2) is 8.42 Å². The molecule has 1 aliphatic heterocycles. The van der Waals surface area contributed by atoms with E-state index in [0.29, 0.717) is 58.8 Å². The molecule has 0 radical (unpaired) electrons. The molecular formula is C22H25ClN4O4S2. The van der Waals surface area contributed by atoms with Gasteiger partial charge in [0, 0.05) is 36.0 Å². The first-order valence-electron chi connectivity index (χ1n) is 10.7. The summed E-state index contributed by atoms with van der Waals surface area (Å²) in [6.07, 6.45) is 1.88. The number of amides is 1. The quantitative estimate of drug-likeness (QED) is 0.516. The van der Waals surface area contributed by atoms with Crippen LogP contribution < -0.4 is 5.32 Å². The monoisotopic (exact) mass is 508 g/mol. The molecule has 33 heavy (non-hydrogen) atoms. The van der Waals surface area contributed by atoms with Crippen molar-refractivity contribution in [2.45, 2.75) is 44.6 Å². The third-order valence-electron chi connectivity index (χ3n) is 5.62. The number of rotatable bonds is 7. The minimum absolute atomic E-state index is 0.147. The fourth-order valence-corrected chi connectivity index (χ4v) is 6.92. The largest absolute Gasteiger partial charge is 0.352 e. The fraction of sp³-hybridized carbons (Fsp3) is 0.409. The summed E-state index contributed by atoms with van der Waals surface area (Å²) < 4.78 is 33.4. The second kappa shape index (κ2) is 9.92. The van der Waals surface area contributed by atoms with Crippen LogP contribution in [0.3, 0.4) is 0 Å². The molecule has 4 rings (SSSR count). The van der Waals surface area contributed by atoms with Crippen LogP contribution in [0, 0.1) is 12.8 Å². The molecule has 2 aromatic heterocycles. The van der Waals surface area contributed by atoms with E-state index in [9.17, 15) is 13.2 Å². The summed E-state index contributed by atoms with van der Waals surface area (Å²) in [5.74, 6) is 0.346. The van der Waals surface area contributed by atoms with Gasteiger partial charge >= 0.3 is 0 Å². The van der Waals surface area contributed by atoms with Crippen molar-refractivity contribution >= 4 is 38.9 Å². The van der Waals surface area contributed by atoms with Crippen molar-refractivity contribution in [3.8, 4) is 10.7 Å². The maximum Gasteiger partial charge on any atom is 0.244 e. The Labute approximate surface area is 202 Å². The van der Waals surface area contributed by atoms with Crippen molar-refractivity contribution in [3.05, 3.63) is 51.7 Å². The molecule has 1 N–H and O–H groups in total. The van der Waals surface area contributed by atoms with E-state index in [0.717, 1.165) is 5.56 Å². The maximum atomic E-state index is 13.4. The number of carbonyl (C=O) groups is 1. The number of sulfonamides is 1. The molecule has 1 atom stereocenters. The third kappa shape index (κ3) is 5.29. The van der Waals surface area contributed by atoms with Gasteiger partial charge in [-0.05, 0) is 43.5 Å². The molecular weight excluding hydrogens is 484 g/mol. The number of aryl methyl sites for hydroxylation is 2. The number of hydrogen-bond acceptors (Lipinski definition) is 7. The van der Waals surface area contributed by atoms with Crippen LogP contribution in [0.1, 0.15) is 36.1 Å². The van der Waals surface area contributed by atoms with Gasteiger partial charge in [-0.15, -0.1) is 11.3 Å². The van der Waals surface area contributed by atoms with Crippen LogP contribution >= 0.6 is 22.9 Å². The number of carbonyl (C=O) groups excluding carboxylic acids is 1. The first-order chi connectivity index (χ1) is 15.8. The molecule has 0 aliphatic carbocycles. The predicted molar refractivity (Wildman–Crippen MR) is 127 cm³/mol. The fourth-order valence-electron chi connectivity index (χ4n) is 3.78. The van der Waals surface area contributed by atoms with Gasteiger partial charge in [0.2, 0.25) is 27.6 Å².